The van der Waals surface area contributed by atoms with Crippen molar-refractivity contribution >= 4 is 5.96 Å². The van der Waals surface area contributed by atoms with Crippen molar-refractivity contribution < 1.29 is 14.2 Å². The Balaban J connectivity index is 1.54. The molecule has 0 aromatic heterocycles. The number of ether oxygens (including phenoxy) is 3. The topological polar surface area (TPSA) is 64.1 Å². The summed E-state index contributed by atoms with van der Waals surface area (Å²) in [4.78, 5) is 4.26. The molecule has 1 aliphatic heterocycles. The van der Waals surface area contributed by atoms with Gasteiger partial charge >= 0.3 is 0 Å². The zero-order valence-electron chi connectivity index (χ0n) is 16.1. The molecule has 0 spiro atoms. The SMILES string of the molecule is CN=C(NCCCOCC1CCOCC1)NCc1ccc(COC)cc1. The van der Waals surface area contributed by atoms with Gasteiger partial charge in [0, 0.05) is 53.7 Å². The van der Waals surface area contributed by atoms with Crippen LogP contribution in [0.25, 0.3) is 0 Å². The number of benzene rings is 1. The van der Waals surface area contributed by atoms with E-state index in [-0.39, 0.29) is 0 Å². The van der Waals surface area contributed by atoms with E-state index in [2.05, 4.69) is 39.9 Å². The van der Waals surface area contributed by atoms with Gasteiger partial charge in [-0.1, -0.05) is 24.3 Å². The Labute approximate surface area is 157 Å². The van der Waals surface area contributed by atoms with Crippen LogP contribution in [0.5, 0.6) is 0 Å². The van der Waals surface area contributed by atoms with E-state index in [0.29, 0.717) is 12.5 Å². The molecule has 1 aromatic rings. The largest absolute Gasteiger partial charge is 0.381 e. The summed E-state index contributed by atoms with van der Waals surface area (Å²) < 4.78 is 16.3. The standard InChI is InChI=1S/C20H33N3O3/c1-21-20(23-14-17-4-6-18(7-5-17)15-24-2)22-10-3-11-26-16-19-8-12-25-13-9-19/h4-7,19H,3,8-16H2,1-2H3,(H2,21,22,23). The molecule has 1 aromatic carbocycles. The molecular formula is C20H33N3O3. The van der Waals surface area contributed by atoms with E-state index >= 15 is 0 Å². The van der Waals surface area contributed by atoms with Crippen LogP contribution in [-0.2, 0) is 27.4 Å². The highest BCUT2D eigenvalue weighted by molar-refractivity contribution is 5.79. The van der Waals surface area contributed by atoms with Gasteiger partial charge < -0.3 is 24.8 Å². The summed E-state index contributed by atoms with van der Waals surface area (Å²) in [6.45, 7) is 5.64. The second-order valence-corrected chi connectivity index (χ2v) is 6.59. The maximum Gasteiger partial charge on any atom is 0.191 e. The van der Waals surface area contributed by atoms with E-state index in [4.69, 9.17) is 14.2 Å². The van der Waals surface area contributed by atoms with Crippen LogP contribution in [0.1, 0.15) is 30.4 Å². The number of guanidine groups is 1. The number of nitrogens with zero attached hydrogens (tertiary/aromatic N) is 1. The molecular weight excluding hydrogens is 330 g/mol. The third-order valence-corrected chi connectivity index (χ3v) is 4.47. The van der Waals surface area contributed by atoms with Gasteiger partial charge in [0.2, 0.25) is 0 Å². The molecule has 1 fully saturated rings. The highest BCUT2D eigenvalue weighted by Gasteiger charge is 2.13. The third kappa shape index (κ3) is 8.17. The van der Waals surface area contributed by atoms with Gasteiger partial charge in [-0.15, -0.1) is 0 Å². The molecule has 0 saturated carbocycles. The van der Waals surface area contributed by atoms with Crippen LogP contribution in [-0.4, -0.2) is 53.1 Å². The molecule has 26 heavy (non-hydrogen) atoms. The summed E-state index contributed by atoms with van der Waals surface area (Å²) in [5.74, 6) is 1.48. The Hall–Kier alpha value is -1.63. The summed E-state index contributed by atoms with van der Waals surface area (Å²) in [7, 11) is 3.50. The van der Waals surface area contributed by atoms with Crippen LogP contribution in [0, 0.1) is 5.92 Å². The minimum atomic E-state index is 0.646. The number of hydrogen-bond acceptors (Lipinski definition) is 4. The highest BCUT2D eigenvalue weighted by atomic mass is 16.5. The zero-order chi connectivity index (χ0) is 18.5. The molecule has 0 radical (unpaired) electrons. The molecule has 0 unspecified atom stereocenters. The summed E-state index contributed by atoms with van der Waals surface area (Å²) in [5, 5.41) is 6.66. The first-order chi connectivity index (χ1) is 12.8. The average molecular weight is 364 g/mol. The van der Waals surface area contributed by atoms with Crippen molar-refractivity contribution in [3.63, 3.8) is 0 Å². The van der Waals surface area contributed by atoms with Gasteiger partial charge in [0.25, 0.3) is 0 Å². The van der Waals surface area contributed by atoms with Crippen LogP contribution >= 0.6 is 0 Å². The van der Waals surface area contributed by atoms with Crippen molar-refractivity contribution in [1.29, 1.82) is 0 Å². The quantitative estimate of drug-likeness (QED) is 0.379. The lowest BCUT2D eigenvalue weighted by Crippen LogP contribution is -2.37. The fraction of sp³-hybridized carbons (Fsp3) is 0.650. The van der Waals surface area contributed by atoms with Crippen LogP contribution in [0.3, 0.4) is 0 Å². The van der Waals surface area contributed by atoms with Crippen molar-refractivity contribution in [2.75, 3.05) is 47.1 Å². The van der Waals surface area contributed by atoms with Gasteiger partial charge in [0.15, 0.2) is 5.96 Å². The molecule has 0 aliphatic carbocycles. The molecule has 146 valence electrons. The number of nitrogens with one attached hydrogen (secondary N) is 2. The molecule has 2 N–H and O–H groups in total. The molecule has 1 saturated heterocycles. The lowest BCUT2D eigenvalue weighted by molar-refractivity contribution is 0.0203. The Kier molecular flexibility index (Phi) is 10.1. The van der Waals surface area contributed by atoms with Crippen LogP contribution in [0.4, 0.5) is 0 Å². The highest BCUT2D eigenvalue weighted by Crippen LogP contribution is 2.14. The Morgan fingerprint density at radius 3 is 2.58 bits per heavy atom. The van der Waals surface area contributed by atoms with Crippen molar-refractivity contribution in [1.82, 2.24) is 10.6 Å². The van der Waals surface area contributed by atoms with Gasteiger partial charge in [0.1, 0.15) is 0 Å². The van der Waals surface area contributed by atoms with Crippen molar-refractivity contribution in [3.8, 4) is 0 Å². The van der Waals surface area contributed by atoms with E-state index in [1.54, 1.807) is 14.2 Å². The first kappa shape index (κ1) is 20.7. The molecule has 1 heterocycles. The minimum Gasteiger partial charge on any atom is -0.381 e. The van der Waals surface area contributed by atoms with Gasteiger partial charge in [-0.05, 0) is 36.3 Å². The van der Waals surface area contributed by atoms with Crippen molar-refractivity contribution in [2.24, 2.45) is 10.9 Å². The number of rotatable bonds is 10. The molecule has 0 bridgehead atoms. The van der Waals surface area contributed by atoms with Gasteiger partial charge in [-0.2, -0.15) is 0 Å². The van der Waals surface area contributed by atoms with E-state index in [1.165, 1.54) is 11.1 Å². The smallest absolute Gasteiger partial charge is 0.191 e. The summed E-state index contributed by atoms with van der Waals surface area (Å²) in [6, 6.07) is 8.40. The number of hydrogen-bond donors (Lipinski definition) is 2. The predicted octanol–water partition coefficient (Wildman–Crippen LogP) is 2.33. The Morgan fingerprint density at radius 1 is 1.15 bits per heavy atom. The normalized spacial score (nSPS) is 15.8. The third-order valence-electron chi connectivity index (χ3n) is 4.47. The average Bonchev–Trinajstić information content (AvgIpc) is 2.69. The van der Waals surface area contributed by atoms with Crippen LogP contribution < -0.4 is 10.6 Å². The fourth-order valence-corrected chi connectivity index (χ4v) is 2.87. The second kappa shape index (κ2) is 12.7. The van der Waals surface area contributed by atoms with E-state index in [9.17, 15) is 0 Å². The summed E-state index contributed by atoms with van der Waals surface area (Å²) >= 11 is 0. The molecule has 1 aliphatic rings. The second-order valence-electron chi connectivity index (χ2n) is 6.59. The number of methoxy groups -OCH3 is 1. The Bertz CT molecular complexity index is 514. The first-order valence-corrected chi connectivity index (χ1v) is 9.48. The Morgan fingerprint density at radius 2 is 1.88 bits per heavy atom. The molecule has 2 rings (SSSR count). The van der Waals surface area contributed by atoms with E-state index in [1.807, 2.05) is 0 Å². The summed E-state index contributed by atoms with van der Waals surface area (Å²) in [5.41, 5.74) is 2.40. The molecule has 6 nitrogen and oxygen atoms in total. The monoisotopic (exact) mass is 363 g/mol. The lowest BCUT2D eigenvalue weighted by atomic mass is 10.0. The van der Waals surface area contributed by atoms with E-state index in [0.717, 1.165) is 64.7 Å². The lowest BCUT2D eigenvalue weighted by Gasteiger charge is -2.21. The van der Waals surface area contributed by atoms with E-state index < -0.39 is 0 Å². The fourth-order valence-electron chi connectivity index (χ4n) is 2.87. The predicted molar refractivity (Wildman–Crippen MR) is 104 cm³/mol. The first-order valence-electron chi connectivity index (χ1n) is 9.48. The van der Waals surface area contributed by atoms with Crippen LogP contribution in [0.2, 0.25) is 0 Å². The van der Waals surface area contributed by atoms with Gasteiger partial charge in [-0.25, -0.2) is 0 Å². The van der Waals surface area contributed by atoms with Gasteiger partial charge in [-0.3, -0.25) is 4.99 Å². The van der Waals surface area contributed by atoms with Gasteiger partial charge in [0.05, 0.1) is 6.61 Å². The molecule has 0 amide bonds. The number of aliphatic imine (C=N–C) groups is 1. The summed E-state index contributed by atoms with van der Waals surface area (Å²) in [6.07, 6.45) is 3.22. The maximum absolute atomic E-state index is 5.78. The molecule has 6 heteroatoms. The minimum absolute atomic E-state index is 0.646. The van der Waals surface area contributed by atoms with Crippen LogP contribution in [0.15, 0.2) is 29.3 Å². The van der Waals surface area contributed by atoms with Crippen molar-refractivity contribution in [2.45, 2.75) is 32.4 Å². The zero-order valence-corrected chi connectivity index (χ0v) is 16.1. The molecule has 0 atom stereocenters. The maximum atomic E-state index is 5.78. The van der Waals surface area contributed by atoms with Crippen molar-refractivity contribution in [3.05, 3.63) is 35.4 Å².